The minimum Gasteiger partial charge on any atom is -0.497 e. The maximum absolute atomic E-state index is 12.2. The van der Waals surface area contributed by atoms with Gasteiger partial charge in [0.15, 0.2) is 0 Å². The summed E-state index contributed by atoms with van der Waals surface area (Å²) in [4.78, 5) is 16.8. The second kappa shape index (κ2) is 8.77. The molecule has 2 aromatic carbocycles. The number of methoxy groups -OCH3 is 1. The molecule has 0 saturated carbocycles. The number of benzene rings is 2. The van der Waals surface area contributed by atoms with Crippen LogP contribution in [0.1, 0.15) is 22.3 Å². The number of ether oxygens (including phenoxy) is 1. The van der Waals surface area contributed by atoms with E-state index in [1.54, 1.807) is 7.11 Å². The molecule has 0 aliphatic rings. The van der Waals surface area contributed by atoms with Gasteiger partial charge >= 0.3 is 0 Å². The van der Waals surface area contributed by atoms with Crippen LogP contribution in [0.3, 0.4) is 0 Å². The largest absolute Gasteiger partial charge is 0.497 e. The van der Waals surface area contributed by atoms with Crippen LogP contribution in [0.25, 0.3) is 10.9 Å². The Morgan fingerprint density at radius 3 is 2.64 bits per heavy atom. The number of nitrogens with one attached hydrogen (secondary N) is 1. The van der Waals surface area contributed by atoms with Crippen LogP contribution < -0.4 is 10.1 Å². The molecule has 28 heavy (non-hydrogen) atoms. The van der Waals surface area contributed by atoms with Crippen LogP contribution in [0, 0.1) is 25.2 Å². The van der Waals surface area contributed by atoms with E-state index in [0.717, 1.165) is 33.3 Å². The van der Waals surface area contributed by atoms with Crippen LogP contribution in [-0.4, -0.2) is 23.8 Å². The number of rotatable bonds is 6. The second-order valence-electron chi connectivity index (χ2n) is 6.51. The lowest BCUT2D eigenvalue weighted by Crippen LogP contribution is -2.24. The van der Waals surface area contributed by atoms with Crippen LogP contribution >= 0.6 is 11.8 Å². The maximum Gasteiger partial charge on any atom is 0.230 e. The quantitative estimate of drug-likeness (QED) is 0.639. The summed E-state index contributed by atoms with van der Waals surface area (Å²) in [6.45, 7) is 4.47. The summed E-state index contributed by atoms with van der Waals surface area (Å²) < 4.78 is 5.13. The molecule has 1 aromatic heterocycles. The molecule has 0 spiro atoms. The van der Waals surface area contributed by atoms with E-state index in [2.05, 4.69) is 22.4 Å². The molecule has 0 aliphatic heterocycles. The molecule has 0 radical (unpaired) electrons. The first-order chi connectivity index (χ1) is 13.5. The third-order valence-corrected chi connectivity index (χ3v) is 5.35. The number of aryl methyl sites for hydroxylation is 2. The number of carbonyl (C=O) groups is 1. The SMILES string of the molecule is COc1ccc(CNC(=O)CSc2nc3cc(C)cc(C)c3cc2C#N)cc1. The Hall–Kier alpha value is -3.04. The molecule has 1 N–H and O–H groups in total. The molecule has 3 rings (SSSR count). The Morgan fingerprint density at radius 1 is 1.21 bits per heavy atom. The average Bonchev–Trinajstić information content (AvgIpc) is 2.70. The van der Waals surface area contributed by atoms with Gasteiger partial charge < -0.3 is 10.1 Å². The van der Waals surface area contributed by atoms with Crippen molar-refractivity contribution >= 4 is 28.6 Å². The molecule has 0 bridgehead atoms. The third kappa shape index (κ3) is 4.62. The Kier molecular flexibility index (Phi) is 6.17. The van der Waals surface area contributed by atoms with Crippen molar-refractivity contribution in [1.29, 1.82) is 5.26 Å². The maximum atomic E-state index is 12.2. The molecule has 3 aromatic rings. The highest BCUT2D eigenvalue weighted by molar-refractivity contribution is 8.00. The summed E-state index contributed by atoms with van der Waals surface area (Å²) in [7, 11) is 1.62. The molecular weight excluding hydrogens is 370 g/mol. The van der Waals surface area contributed by atoms with Crippen LogP contribution in [0.5, 0.6) is 5.75 Å². The zero-order valence-electron chi connectivity index (χ0n) is 16.1. The Bertz CT molecular complexity index is 1060. The van der Waals surface area contributed by atoms with Crippen molar-refractivity contribution in [2.24, 2.45) is 0 Å². The van der Waals surface area contributed by atoms with E-state index in [1.807, 2.05) is 50.2 Å². The monoisotopic (exact) mass is 391 g/mol. The van der Waals surface area contributed by atoms with E-state index in [4.69, 9.17) is 4.74 Å². The number of aromatic nitrogens is 1. The van der Waals surface area contributed by atoms with Crippen LogP contribution in [0.2, 0.25) is 0 Å². The zero-order valence-corrected chi connectivity index (χ0v) is 16.9. The lowest BCUT2D eigenvalue weighted by Gasteiger charge is -2.09. The van der Waals surface area contributed by atoms with Crippen molar-refractivity contribution in [3.63, 3.8) is 0 Å². The first-order valence-corrected chi connectivity index (χ1v) is 9.83. The van der Waals surface area contributed by atoms with E-state index < -0.39 is 0 Å². The number of thioether (sulfide) groups is 1. The Balaban J connectivity index is 1.66. The van der Waals surface area contributed by atoms with Gasteiger partial charge in [0.05, 0.1) is 23.9 Å². The average molecular weight is 391 g/mol. The van der Waals surface area contributed by atoms with Crippen LogP contribution in [0.15, 0.2) is 47.5 Å². The predicted octanol–water partition coefficient (Wildman–Crippen LogP) is 4.14. The highest BCUT2D eigenvalue weighted by Crippen LogP contribution is 2.27. The van der Waals surface area contributed by atoms with Gasteiger partial charge in [0, 0.05) is 11.9 Å². The molecule has 142 valence electrons. The van der Waals surface area contributed by atoms with E-state index in [9.17, 15) is 10.1 Å². The third-order valence-electron chi connectivity index (χ3n) is 4.36. The van der Waals surface area contributed by atoms with Gasteiger partial charge in [-0.1, -0.05) is 30.0 Å². The van der Waals surface area contributed by atoms with Crippen molar-refractivity contribution in [1.82, 2.24) is 10.3 Å². The fourth-order valence-corrected chi connectivity index (χ4v) is 3.72. The number of nitrogens with zero attached hydrogens (tertiary/aromatic N) is 2. The molecule has 6 heteroatoms. The van der Waals surface area contributed by atoms with E-state index in [-0.39, 0.29) is 11.7 Å². The second-order valence-corrected chi connectivity index (χ2v) is 7.48. The Labute approximate surface area is 168 Å². The smallest absolute Gasteiger partial charge is 0.230 e. The van der Waals surface area contributed by atoms with Gasteiger partial charge in [-0.15, -0.1) is 0 Å². The van der Waals surface area contributed by atoms with Gasteiger partial charge in [-0.2, -0.15) is 5.26 Å². The van der Waals surface area contributed by atoms with E-state index in [0.29, 0.717) is 17.1 Å². The number of fused-ring (bicyclic) bond motifs is 1. The first-order valence-electron chi connectivity index (χ1n) is 8.84. The van der Waals surface area contributed by atoms with Gasteiger partial charge in [0.25, 0.3) is 0 Å². The number of carbonyl (C=O) groups excluding carboxylic acids is 1. The van der Waals surface area contributed by atoms with Crippen molar-refractivity contribution < 1.29 is 9.53 Å². The van der Waals surface area contributed by atoms with E-state index >= 15 is 0 Å². The summed E-state index contributed by atoms with van der Waals surface area (Å²) in [5.74, 6) is 0.878. The van der Waals surface area contributed by atoms with Crippen molar-refractivity contribution in [3.8, 4) is 11.8 Å². The minimum absolute atomic E-state index is 0.105. The minimum atomic E-state index is -0.105. The fraction of sp³-hybridized carbons (Fsp3) is 0.227. The summed E-state index contributed by atoms with van der Waals surface area (Å²) in [6.07, 6.45) is 0. The molecule has 0 aliphatic carbocycles. The molecule has 5 nitrogen and oxygen atoms in total. The number of hydrogen-bond acceptors (Lipinski definition) is 5. The topological polar surface area (TPSA) is 75.0 Å². The highest BCUT2D eigenvalue weighted by atomic mass is 32.2. The van der Waals surface area contributed by atoms with Gasteiger partial charge in [0.1, 0.15) is 16.8 Å². The number of hydrogen-bond donors (Lipinski definition) is 1. The first kappa shape index (κ1) is 19.7. The molecule has 1 heterocycles. The zero-order chi connectivity index (χ0) is 20.1. The van der Waals surface area contributed by atoms with Gasteiger partial charge in [0.2, 0.25) is 5.91 Å². The van der Waals surface area contributed by atoms with Crippen molar-refractivity contribution in [2.75, 3.05) is 12.9 Å². The Morgan fingerprint density at radius 2 is 1.96 bits per heavy atom. The molecule has 0 fully saturated rings. The molecule has 1 amide bonds. The molecule has 0 atom stereocenters. The predicted molar refractivity (Wildman–Crippen MR) is 111 cm³/mol. The van der Waals surface area contributed by atoms with Crippen molar-refractivity contribution in [3.05, 3.63) is 64.7 Å². The standard InChI is InChI=1S/C22H21N3O2S/c1-14-8-15(2)19-10-17(11-23)22(25-20(19)9-14)28-13-21(26)24-12-16-4-6-18(27-3)7-5-16/h4-10H,12-13H2,1-3H3,(H,24,26). The lowest BCUT2D eigenvalue weighted by molar-refractivity contribution is -0.118. The summed E-state index contributed by atoms with van der Waals surface area (Å²) in [5, 5.41) is 13.9. The molecule has 0 saturated heterocycles. The van der Waals surface area contributed by atoms with Crippen LogP contribution in [0.4, 0.5) is 0 Å². The van der Waals surface area contributed by atoms with Crippen LogP contribution in [-0.2, 0) is 11.3 Å². The molecule has 0 unspecified atom stereocenters. The highest BCUT2D eigenvalue weighted by Gasteiger charge is 2.12. The number of nitriles is 1. The summed E-state index contributed by atoms with van der Waals surface area (Å²) in [6, 6.07) is 15.7. The fourth-order valence-electron chi connectivity index (χ4n) is 2.93. The van der Waals surface area contributed by atoms with Gasteiger partial charge in [-0.3, -0.25) is 4.79 Å². The number of pyridine rings is 1. The summed E-state index contributed by atoms with van der Waals surface area (Å²) in [5.41, 5.74) is 4.54. The molecular formula is C22H21N3O2S. The van der Waals surface area contributed by atoms with Gasteiger partial charge in [-0.25, -0.2) is 4.98 Å². The van der Waals surface area contributed by atoms with Gasteiger partial charge in [-0.05, 0) is 54.8 Å². The number of amides is 1. The van der Waals surface area contributed by atoms with Crippen molar-refractivity contribution in [2.45, 2.75) is 25.4 Å². The van der Waals surface area contributed by atoms with E-state index in [1.165, 1.54) is 11.8 Å². The normalized spacial score (nSPS) is 10.5. The summed E-state index contributed by atoms with van der Waals surface area (Å²) >= 11 is 1.28. The lowest BCUT2D eigenvalue weighted by atomic mass is 10.1.